The minimum atomic E-state index is -0.979. The highest BCUT2D eigenvalue weighted by Crippen LogP contribution is 2.26. The van der Waals surface area contributed by atoms with Crippen molar-refractivity contribution in [2.75, 3.05) is 13.2 Å². The first-order valence-corrected chi connectivity index (χ1v) is 13.2. The van der Waals surface area contributed by atoms with Gasteiger partial charge < -0.3 is 35.5 Å². The van der Waals surface area contributed by atoms with Crippen LogP contribution >= 0.6 is 0 Å². The van der Waals surface area contributed by atoms with Crippen molar-refractivity contribution in [1.82, 2.24) is 4.57 Å². The first-order valence-electron chi connectivity index (χ1n) is 13.2. The topological polar surface area (TPSA) is 155 Å². The zero-order valence-electron chi connectivity index (χ0n) is 23.0. The Kier molecular flexibility index (Phi) is 10.9. The van der Waals surface area contributed by atoms with E-state index in [1.807, 2.05) is 42.7 Å². The number of nitrogens with two attached hydrogens (primary N) is 1. The number of hydrogen-bond acceptors (Lipinski definition) is 7. The standard InChI is InChI=1S/C24H22N2O2.C7H16O5/c1-15(2)23(27)19-9-10-20-21(24(25)28)14-26(22(20)12-19)13-16-7-8-17-5-3-4-6-18(17)11-16;1-5(10)12-7(4-9)2-6(11)3-8/h3-12,14-15H,13H2,1-2H3,(H2,25,28);5-11H,2-4H2,1H3. The summed E-state index contributed by atoms with van der Waals surface area (Å²) in [6.45, 7) is 5.11. The molecule has 3 aromatic carbocycles. The third-order valence-corrected chi connectivity index (χ3v) is 6.46. The molecule has 0 aliphatic rings. The van der Waals surface area contributed by atoms with E-state index in [2.05, 4.69) is 30.3 Å². The molecule has 3 atom stereocenters. The number of rotatable bonds is 11. The highest BCUT2D eigenvalue weighted by molar-refractivity contribution is 6.08. The fourth-order valence-corrected chi connectivity index (χ4v) is 4.47. The Hall–Kier alpha value is -3.60. The van der Waals surface area contributed by atoms with Gasteiger partial charge in [0.2, 0.25) is 0 Å². The third kappa shape index (κ3) is 7.97. The van der Waals surface area contributed by atoms with Gasteiger partial charge in [-0.1, -0.05) is 62.4 Å². The Morgan fingerprint density at radius 1 is 0.925 bits per heavy atom. The molecule has 1 amide bonds. The minimum absolute atomic E-state index is 0.0842. The molecule has 0 aliphatic carbocycles. The lowest BCUT2D eigenvalue weighted by Crippen LogP contribution is -2.29. The van der Waals surface area contributed by atoms with Gasteiger partial charge in [0.25, 0.3) is 5.91 Å². The van der Waals surface area contributed by atoms with Crippen molar-refractivity contribution < 1.29 is 34.8 Å². The first-order chi connectivity index (χ1) is 19.0. The van der Waals surface area contributed by atoms with Crippen LogP contribution in [0.2, 0.25) is 0 Å². The Morgan fingerprint density at radius 3 is 2.23 bits per heavy atom. The Balaban J connectivity index is 0.000000312. The summed E-state index contributed by atoms with van der Waals surface area (Å²) in [5.74, 6) is -0.469. The largest absolute Gasteiger partial charge is 0.394 e. The monoisotopic (exact) mass is 550 g/mol. The van der Waals surface area contributed by atoms with Crippen molar-refractivity contribution in [2.45, 2.75) is 52.2 Å². The number of amides is 1. The number of aliphatic hydroxyl groups excluding tert-OH is 4. The van der Waals surface area contributed by atoms with Crippen LogP contribution in [-0.2, 0) is 11.3 Å². The lowest BCUT2D eigenvalue weighted by Gasteiger charge is -2.19. The number of Topliss-reactive ketones (excluding diaryl/α,β-unsaturated/α-hetero) is 1. The van der Waals surface area contributed by atoms with Crippen molar-refractivity contribution in [3.8, 4) is 0 Å². The SMILES string of the molecule is CC(C)C(=O)c1ccc2c(C(N)=O)cn(Cc3ccc4ccccc4c3)c2c1.CC(O)OC(CO)CC(O)CO. The van der Waals surface area contributed by atoms with Crippen molar-refractivity contribution in [3.05, 3.63) is 83.6 Å². The molecule has 4 rings (SSSR count). The maximum absolute atomic E-state index is 12.4. The fourth-order valence-electron chi connectivity index (χ4n) is 4.47. The summed E-state index contributed by atoms with van der Waals surface area (Å²) >= 11 is 0. The number of nitrogens with zero attached hydrogens (tertiary/aromatic N) is 1. The molecule has 9 nitrogen and oxygen atoms in total. The number of hydrogen-bond donors (Lipinski definition) is 5. The molecular weight excluding hydrogens is 512 g/mol. The number of fused-ring (bicyclic) bond motifs is 2. The van der Waals surface area contributed by atoms with E-state index in [0.717, 1.165) is 16.5 Å². The van der Waals surface area contributed by atoms with Gasteiger partial charge >= 0.3 is 0 Å². The minimum Gasteiger partial charge on any atom is -0.394 e. The van der Waals surface area contributed by atoms with E-state index in [1.165, 1.54) is 17.7 Å². The number of carbonyl (C=O) groups excluding carboxylic acids is 2. The summed E-state index contributed by atoms with van der Waals surface area (Å²) < 4.78 is 6.80. The summed E-state index contributed by atoms with van der Waals surface area (Å²) in [5, 5.41) is 38.0. The van der Waals surface area contributed by atoms with E-state index in [1.54, 1.807) is 12.3 Å². The van der Waals surface area contributed by atoms with Crippen LogP contribution in [0.4, 0.5) is 0 Å². The van der Waals surface area contributed by atoms with Crippen LogP contribution in [0.15, 0.2) is 66.9 Å². The van der Waals surface area contributed by atoms with E-state index in [0.29, 0.717) is 17.7 Å². The second-order valence-corrected chi connectivity index (χ2v) is 10.1. The molecule has 1 aromatic heterocycles. The second kappa shape index (κ2) is 14.2. The number of primary amides is 1. The molecule has 0 saturated heterocycles. The van der Waals surface area contributed by atoms with Crippen molar-refractivity contribution >= 4 is 33.4 Å². The predicted molar refractivity (Wildman–Crippen MR) is 154 cm³/mol. The number of ether oxygens (including phenoxy) is 1. The van der Waals surface area contributed by atoms with E-state index in [-0.39, 0.29) is 31.3 Å². The van der Waals surface area contributed by atoms with E-state index >= 15 is 0 Å². The van der Waals surface area contributed by atoms with E-state index < -0.39 is 24.4 Å². The van der Waals surface area contributed by atoms with Crippen LogP contribution in [0.5, 0.6) is 0 Å². The maximum atomic E-state index is 12.4. The van der Waals surface area contributed by atoms with Gasteiger partial charge in [0, 0.05) is 41.5 Å². The summed E-state index contributed by atoms with van der Waals surface area (Å²) in [7, 11) is 0. The van der Waals surface area contributed by atoms with Crippen molar-refractivity contribution in [3.63, 3.8) is 0 Å². The molecule has 214 valence electrons. The molecule has 0 aliphatic heterocycles. The van der Waals surface area contributed by atoms with E-state index in [9.17, 15) is 9.59 Å². The van der Waals surface area contributed by atoms with Gasteiger partial charge in [-0.2, -0.15) is 0 Å². The quantitative estimate of drug-likeness (QED) is 0.142. The van der Waals surface area contributed by atoms with Gasteiger partial charge in [-0.3, -0.25) is 9.59 Å². The highest BCUT2D eigenvalue weighted by Gasteiger charge is 2.17. The Bertz CT molecular complexity index is 1440. The molecule has 1 heterocycles. The second-order valence-electron chi connectivity index (χ2n) is 10.1. The number of carbonyl (C=O) groups is 2. The zero-order valence-corrected chi connectivity index (χ0v) is 23.0. The number of aliphatic hydroxyl groups is 4. The molecule has 3 unspecified atom stereocenters. The maximum Gasteiger partial charge on any atom is 0.250 e. The molecular formula is C31H38N2O7. The lowest BCUT2D eigenvalue weighted by atomic mass is 9.99. The molecule has 0 spiro atoms. The van der Waals surface area contributed by atoms with Crippen LogP contribution < -0.4 is 5.73 Å². The predicted octanol–water partition coefficient (Wildman–Crippen LogP) is 3.23. The highest BCUT2D eigenvalue weighted by atomic mass is 16.6. The van der Waals surface area contributed by atoms with Crippen LogP contribution in [0.1, 0.15) is 53.5 Å². The van der Waals surface area contributed by atoms with E-state index in [4.69, 9.17) is 30.9 Å². The summed E-state index contributed by atoms with van der Waals surface area (Å²) in [4.78, 5) is 24.4. The molecule has 0 saturated carbocycles. The van der Waals surface area contributed by atoms with Gasteiger partial charge in [-0.25, -0.2) is 0 Å². The van der Waals surface area contributed by atoms with Gasteiger partial charge in [0.05, 0.1) is 31.0 Å². The van der Waals surface area contributed by atoms with Crippen molar-refractivity contribution in [1.29, 1.82) is 0 Å². The van der Waals surface area contributed by atoms with Gasteiger partial charge in [-0.05, 0) is 35.4 Å². The smallest absolute Gasteiger partial charge is 0.250 e. The molecule has 9 heteroatoms. The van der Waals surface area contributed by atoms with Gasteiger partial charge in [0.1, 0.15) is 0 Å². The third-order valence-electron chi connectivity index (χ3n) is 6.46. The normalized spacial score (nSPS) is 13.6. The summed E-state index contributed by atoms with van der Waals surface area (Å²) in [6, 6.07) is 20.0. The first kappa shape index (κ1) is 30.9. The molecule has 6 N–H and O–H groups in total. The van der Waals surface area contributed by atoms with Crippen LogP contribution in [-0.4, -0.2) is 68.4 Å². The van der Waals surface area contributed by atoms with Crippen LogP contribution in [0.25, 0.3) is 21.7 Å². The molecule has 0 bridgehead atoms. The molecule has 4 aromatic rings. The Morgan fingerprint density at radius 2 is 1.62 bits per heavy atom. The van der Waals surface area contributed by atoms with Crippen molar-refractivity contribution in [2.24, 2.45) is 11.7 Å². The number of benzene rings is 3. The molecule has 0 fully saturated rings. The summed E-state index contributed by atoms with van der Waals surface area (Å²) in [5.41, 5.74) is 8.67. The lowest BCUT2D eigenvalue weighted by molar-refractivity contribution is -0.146. The number of aromatic nitrogens is 1. The molecule has 0 radical (unpaired) electrons. The fraction of sp³-hybridized carbons (Fsp3) is 0.355. The zero-order chi connectivity index (χ0) is 29.4. The van der Waals surface area contributed by atoms with Crippen LogP contribution in [0, 0.1) is 5.92 Å². The van der Waals surface area contributed by atoms with Gasteiger partial charge in [-0.15, -0.1) is 0 Å². The molecule has 40 heavy (non-hydrogen) atoms. The number of ketones is 1. The Labute approximate surface area is 233 Å². The average Bonchev–Trinajstić information content (AvgIpc) is 3.29. The average molecular weight is 551 g/mol. The van der Waals surface area contributed by atoms with Crippen LogP contribution in [0.3, 0.4) is 0 Å². The van der Waals surface area contributed by atoms with Gasteiger partial charge in [0.15, 0.2) is 12.1 Å². The summed E-state index contributed by atoms with van der Waals surface area (Å²) in [6.07, 6.45) is -0.634.